The fourth-order valence-electron chi connectivity index (χ4n) is 2.89. The number of methoxy groups -OCH3 is 1. The van der Waals surface area contributed by atoms with Crippen LogP contribution in [0.5, 0.6) is 0 Å². The Bertz CT molecular complexity index is 1450. The van der Waals surface area contributed by atoms with Crippen molar-refractivity contribution in [2.75, 3.05) is 7.11 Å². The number of ether oxygens (including phenoxy) is 1. The predicted molar refractivity (Wildman–Crippen MR) is 114 cm³/mol. The van der Waals surface area contributed by atoms with Crippen LogP contribution in [0.3, 0.4) is 0 Å². The van der Waals surface area contributed by atoms with Crippen LogP contribution < -0.4 is 10.4 Å². The van der Waals surface area contributed by atoms with Crippen molar-refractivity contribution in [1.82, 2.24) is 4.57 Å². The molecule has 0 aliphatic heterocycles. The average Bonchev–Trinajstić information content (AvgIpc) is 3.07. The zero-order valence-electron chi connectivity index (χ0n) is 15.3. The van der Waals surface area contributed by atoms with Crippen LogP contribution in [-0.4, -0.2) is 23.6 Å². The van der Waals surface area contributed by atoms with Gasteiger partial charge in [-0.15, -0.1) is 0 Å². The van der Waals surface area contributed by atoms with Gasteiger partial charge < -0.3 is 13.7 Å². The normalized spacial score (nSPS) is 11.9. The van der Waals surface area contributed by atoms with Crippen LogP contribution >= 0.6 is 34.5 Å². The molecule has 10 heteroatoms. The van der Waals surface area contributed by atoms with Gasteiger partial charge >= 0.3 is 11.6 Å². The molecule has 4 aromatic rings. The van der Waals surface area contributed by atoms with E-state index in [1.807, 2.05) is 0 Å². The van der Waals surface area contributed by atoms with Crippen LogP contribution in [0.1, 0.15) is 10.4 Å². The molecule has 2 aromatic carbocycles. The van der Waals surface area contributed by atoms with Gasteiger partial charge in [0.1, 0.15) is 17.7 Å². The summed E-state index contributed by atoms with van der Waals surface area (Å²) < 4.78 is 12.0. The van der Waals surface area contributed by atoms with E-state index in [0.717, 1.165) is 11.3 Å². The summed E-state index contributed by atoms with van der Waals surface area (Å²) in [4.78, 5) is 41.2. The molecule has 152 valence electrons. The number of carbonyl (C=O) groups is 2. The lowest BCUT2D eigenvalue weighted by Gasteiger charge is -2.06. The maximum absolute atomic E-state index is 12.8. The van der Waals surface area contributed by atoms with E-state index in [0.29, 0.717) is 21.2 Å². The summed E-state index contributed by atoms with van der Waals surface area (Å²) in [5, 5.41) is 1.09. The van der Waals surface area contributed by atoms with Gasteiger partial charge in [-0.1, -0.05) is 52.7 Å². The van der Waals surface area contributed by atoms with Crippen LogP contribution in [0.15, 0.2) is 56.7 Å². The number of halogens is 2. The molecule has 4 rings (SSSR count). The van der Waals surface area contributed by atoms with Crippen molar-refractivity contribution in [2.45, 2.75) is 6.54 Å². The molecule has 7 nitrogen and oxygen atoms in total. The largest absolute Gasteiger partial charge is 0.468 e. The number of hydrogen-bond acceptors (Lipinski definition) is 6. The topological polar surface area (TPSA) is 90.9 Å². The highest BCUT2D eigenvalue weighted by Crippen LogP contribution is 2.32. The maximum Gasteiger partial charge on any atom is 0.349 e. The van der Waals surface area contributed by atoms with Gasteiger partial charge in [0.25, 0.3) is 5.91 Å². The van der Waals surface area contributed by atoms with Crippen LogP contribution in [0.2, 0.25) is 10.0 Å². The summed E-state index contributed by atoms with van der Waals surface area (Å²) in [6.07, 6.45) is 0. The third-order valence-electron chi connectivity index (χ3n) is 4.32. The molecular weight excluding hydrogens is 451 g/mol. The van der Waals surface area contributed by atoms with Gasteiger partial charge in [-0.05, 0) is 24.3 Å². The van der Waals surface area contributed by atoms with Crippen molar-refractivity contribution in [2.24, 2.45) is 4.99 Å². The van der Waals surface area contributed by atoms with E-state index in [2.05, 4.69) is 4.99 Å². The predicted octanol–water partition coefficient (Wildman–Crippen LogP) is 4.03. The van der Waals surface area contributed by atoms with E-state index in [1.54, 1.807) is 36.4 Å². The molecule has 0 N–H and O–H groups in total. The second kappa shape index (κ2) is 8.06. The zero-order valence-corrected chi connectivity index (χ0v) is 17.7. The number of amides is 1. The fraction of sp³-hybridized carbons (Fsp3) is 0.100. The number of aromatic nitrogens is 1. The highest BCUT2D eigenvalue weighted by atomic mass is 35.5. The minimum atomic E-state index is -0.804. The zero-order chi connectivity index (χ0) is 21.4. The molecule has 0 atom stereocenters. The minimum Gasteiger partial charge on any atom is -0.468 e. The molecule has 0 aliphatic carbocycles. The minimum absolute atomic E-state index is 0.164. The first-order valence-corrected chi connectivity index (χ1v) is 10.1. The lowest BCUT2D eigenvalue weighted by Crippen LogP contribution is -2.23. The van der Waals surface area contributed by atoms with E-state index in [-0.39, 0.29) is 27.0 Å². The summed E-state index contributed by atoms with van der Waals surface area (Å²) in [7, 11) is 1.24. The van der Waals surface area contributed by atoms with Crippen molar-refractivity contribution in [1.29, 1.82) is 0 Å². The van der Waals surface area contributed by atoms with Crippen molar-refractivity contribution < 1.29 is 18.7 Å². The molecule has 0 saturated heterocycles. The van der Waals surface area contributed by atoms with Crippen LogP contribution in [0, 0.1) is 0 Å². The van der Waals surface area contributed by atoms with Gasteiger partial charge in [-0.2, -0.15) is 4.99 Å². The standard InChI is InChI=1S/C20H12Cl2N2O5S/c1-28-15(25)9-24-17-14(7-6-12(21)16(17)22)30-20(24)23-18(26)11-8-10-4-2-3-5-13(10)29-19(11)27/h2-8H,9H2,1H3. The molecule has 0 radical (unpaired) electrons. The van der Waals surface area contributed by atoms with Gasteiger partial charge in [0.2, 0.25) is 0 Å². The lowest BCUT2D eigenvalue weighted by atomic mass is 10.2. The number of fused-ring (bicyclic) bond motifs is 2. The van der Waals surface area contributed by atoms with E-state index in [4.69, 9.17) is 32.4 Å². The van der Waals surface area contributed by atoms with Gasteiger partial charge in [0.05, 0.1) is 27.4 Å². The quantitative estimate of drug-likeness (QED) is 0.338. The number of carbonyl (C=O) groups excluding carboxylic acids is 2. The second-order valence-electron chi connectivity index (χ2n) is 6.16. The molecule has 2 heterocycles. The molecule has 0 unspecified atom stereocenters. The Kier molecular flexibility index (Phi) is 5.46. The van der Waals surface area contributed by atoms with Crippen molar-refractivity contribution in [3.63, 3.8) is 0 Å². The summed E-state index contributed by atoms with van der Waals surface area (Å²) in [6, 6.07) is 11.6. The van der Waals surface area contributed by atoms with E-state index >= 15 is 0 Å². The van der Waals surface area contributed by atoms with Crippen molar-refractivity contribution in [3.05, 3.63) is 73.3 Å². The van der Waals surface area contributed by atoms with Crippen molar-refractivity contribution in [3.8, 4) is 0 Å². The second-order valence-corrected chi connectivity index (χ2v) is 7.95. The molecule has 0 fully saturated rings. The molecule has 0 saturated carbocycles. The van der Waals surface area contributed by atoms with Gasteiger partial charge in [-0.25, -0.2) is 4.79 Å². The Balaban J connectivity index is 1.92. The van der Waals surface area contributed by atoms with Gasteiger partial charge in [0.15, 0.2) is 4.80 Å². The first-order chi connectivity index (χ1) is 14.4. The number of esters is 1. The summed E-state index contributed by atoms with van der Waals surface area (Å²) in [5.74, 6) is -1.37. The Hall–Kier alpha value is -2.94. The molecule has 0 aliphatic rings. The third kappa shape index (κ3) is 3.65. The summed E-state index contributed by atoms with van der Waals surface area (Å²) in [5.41, 5.74) is -0.219. The number of rotatable bonds is 3. The smallest absolute Gasteiger partial charge is 0.349 e. The first kappa shape index (κ1) is 20.3. The number of hydrogen-bond donors (Lipinski definition) is 0. The highest BCUT2D eigenvalue weighted by Gasteiger charge is 2.18. The SMILES string of the molecule is COC(=O)Cn1c(=NC(=O)c2cc3ccccc3oc2=O)sc2ccc(Cl)c(Cl)c21. The molecule has 0 spiro atoms. The Morgan fingerprint density at radius 2 is 1.97 bits per heavy atom. The van der Waals surface area contributed by atoms with Crippen molar-refractivity contribution >= 4 is 67.6 Å². The molecule has 0 bridgehead atoms. The van der Waals surface area contributed by atoms with Gasteiger partial charge in [-0.3, -0.25) is 9.59 Å². The molecule has 2 aromatic heterocycles. The first-order valence-electron chi connectivity index (χ1n) is 8.55. The average molecular weight is 463 g/mol. The van der Waals surface area contributed by atoms with E-state index < -0.39 is 17.5 Å². The lowest BCUT2D eigenvalue weighted by molar-refractivity contribution is -0.141. The van der Waals surface area contributed by atoms with E-state index in [1.165, 1.54) is 17.7 Å². The fourth-order valence-corrected chi connectivity index (χ4v) is 4.40. The molecular formula is C20H12Cl2N2O5S. The van der Waals surface area contributed by atoms with E-state index in [9.17, 15) is 14.4 Å². The number of nitrogens with zero attached hydrogens (tertiary/aromatic N) is 2. The van der Waals surface area contributed by atoms with Crippen LogP contribution in [0.25, 0.3) is 21.2 Å². The summed E-state index contributed by atoms with van der Waals surface area (Å²) in [6.45, 7) is -0.241. The Morgan fingerprint density at radius 3 is 2.73 bits per heavy atom. The molecule has 1 amide bonds. The number of thiazole rings is 1. The monoisotopic (exact) mass is 462 g/mol. The number of benzene rings is 2. The maximum atomic E-state index is 12.8. The highest BCUT2D eigenvalue weighted by molar-refractivity contribution is 7.16. The van der Waals surface area contributed by atoms with Crippen LogP contribution in [-0.2, 0) is 16.1 Å². The molecule has 30 heavy (non-hydrogen) atoms. The van der Waals surface area contributed by atoms with Gasteiger partial charge in [0, 0.05) is 5.39 Å². The number of para-hydroxylation sites is 1. The summed E-state index contributed by atoms with van der Waals surface area (Å²) >= 11 is 13.6. The third-order valence-corrected chi connectivity index (χ3v) is 6.16. The van der Waals surface area contributed by atoms with Crippen LogP contribution in [0.4, 0.5) is 0 Å². The Labute approximate surface area is 182 Å². The Morgan fingerprint density at radius 1 is 1.20 bits per heavy atom.